The number of hydrogen-bond acceptors (Lipinski definition) is 7. The van der Waals surface area contributed by atoms with E-state index < -0.39 is 5.92 Å². The van der Waals surface area contributed by atoms with Gasteiger partial charge in [0.05, 0.1) is 31.3 Å². The van der Waals surface area contributed by atoms with Crippen LogP contribution in [-0.4, -0.2) is 51.1 Å². The van der Waals surface area contributed by atoms with E-state index in [0.717, 1.165) is 70.0 Å². The number of rotatable bonds is 11. The maximum atomic E-state index is 14.2. The lowest BCUT2D eigenvalue weighted by Gasteiger charge is -2.28. The molecule has 2 aromatic rings. The van der Waals surface area contributed by atoms with Gasteiger partial charge in [0.25, 0.3) is 0 Å². The molecule has 7 heteroatoms. The van der Waals surface area contributed by atoms with Crippen molar-refractivity contribution in [1.82, 2.24) is 0 Å². The van der Waals surface area contributed by atoms with Crippen LogP contribution in [0.2, 0.25) is 0 Å². The van der Waals surface area contributed by atoms with Crippen LogP contribution in [0.25, 0.3) is 0 Å². The lowest BCUT2D eigenvalue weighted by molar-refractivity contribution is -0.163. The highest BCUT2D eigenvalue weighted by Gasteiger charge is 2.30. The van der Waals surface area contributed by atoms with Gasteiger partial charge in [-0.25, -0.2) is 0 Å². The summed E-state index contributed by atoms with van der Waals surface area (Å²) >= 11 is 0. The van der Waals surface area contributed by atoms with Gasteiger partial charge < -0.3 is 28.4 Å². The van der Waals surface area contributed by atoms with Crippen molar-refractivity contribution in [2.45, 2.75) is 89.0 Å². The van der Waals surface area contributed by atoms with Crippen LogP contribution < -0.4 is 9.47 Å². The summed E-state index contributed by atoms with van der Waals surface area (Å²) in [7, 11) is 0. The predicted molar refractivity (Wildman–Crippen MR) is 143 cm³/mol. The first-order chi connectivity index (χ1) is 18.8. The molecule has 4 unspecified atom stereocenters. The zero-order valence-electron chi connectivity index (χ0n) is 22.2. The first kappa shape index (κ1) is 27.1. The molecule has 0 N–H and O–H groups in total. The van der Waals surface area contributed by atoms with Gasteiger partial charge in [0, 0.05) is 25.0 Å². The van der Waals surface area contributed by atoms with E-state index in [1.54, 1.807) is 0 Å². The highest BCUT2D eigenvalue weighted by molar-refractivity contribution is 6.03. The second kappa shape index (κ2) is 14.1. The van der Waals surface area contributed by atoms with Crippen molar-refractivity contribution in [2.75, 3.05) is 26.4 Å². The minimum absolute atomic E-state index is 0.0230. The number of ketones is 1. The second-order valence-corrected chi connectivity index (χ2v) is 10.2. The van der Waals surface area contributed by atoms with E-state index >= 15 is 0 Å². The second-order valence-electron chi connectivity index (χ2n) is 10.2. The number of hydrogen-bond donors (Lipinski definition) is 0. The van der Waals surface area contributed by atoms with Crippen LogP contribution in [0.3, 0.4) is 0 Å². The number of benzene rings is 2. The fourth-order valence-corrected chi connectivity index (χ4v) is 5.32. The molecule has 0 aromatic heterocycles. The van der Waals surface area contributed by atoms with Crippen molar-refractivity contribution >= 4 is 5.78 Å². The van der Waals surface area contributed by atoms with Gasteiger partial charge in [-0.1, -0.05) is 30.3 Å². The molecule has 206 valence electrons. The monoisotopic (exact) mass is 524 g/mol. The molecule has 0 bridgehead atoms. The van der Waals surface area contributed by atoms with Gasteiger partial charge in [-0.15, -0.1) is 0 Å². The molecule has 3 saturated heterocycles. The molecule has 3 aliphatic heterocycles. The molecule has 3 aliphatic rings. The van der Waals surface area contributed by atoms with E-state index in [2.05, 4.69) is 0 Å². The molecule has 0 amide bonds. The molecule has 0 spiro atoms. The molecule has 0 aliphatic carbocycles. The fraction of sp³-hybridized carbons (Fsp3) is 0.581. The maximum absolute atomic E-state index is 14.2. The Labute approximate surface area is 225 Å². The summed E-state index contributed by atoms with van der Waals surface area (Å²) in [4.78, 5) is 14.2. The van der Waals surface area contributed by atoms with Crippen LogP contribution >= 0.6 is 0 Å². The fourth-order valence-electron chi connectivity index (χ4n) is 5.32. The molecule has 0 radical (unpaired) electrons. The average molecular weight is 525 g/mol. The zero-order chi connectivity index (χ0) is 26.0. The summed E-state index contributed by atoms with van der Waals surface area (Å²) in [6.07, 6.45) is 8.57. The first-order valence-corrected chi connectivity index (χ1v) is 14.3. The van der Waals surface area contributed by atoms with Crippen LogP contribution in [0.5, 0.6) is 11.5 Å². The van der Waals surface area contributed by atoms with E-state index in [4.69, 9.17) is 28.4 Å². The number of carbonyl (C=O) groups is 1. The van der Waals surface area contributed by atoms with Crippen molar-refractivity contribution in [3.05, 3.63) is 59.7 Å². The molecule has 4 atom stereocenters. The molecule has 3 fully saturated rings. The Kier molecular flexibility index (Phi) is 10.1. The Morgan fingerprint density at radius 3 is 1.89 bits per heavy atom. The number of carbonyl (C=O) groups excluding carboxylic acids is 1. The molecule has 38 heavy (non-hydrogen) atoms. The molecule has 5 rings (SSSR count). The van der Waals surface area contributed by atoms with Gasteiger partial charge in [0.1, 0.15) is 11.5 Å². The van der Waals surface area contributed by atoms with Crippen molar-refractivity contribution < 1.29 is 33.2 Å². The van der Waals surface area contributed by atoms with Crippen LogP contribution in [-0.2, 0) is 18.9 Å². The van der Waals surface area contributed by atoms with Crippen molar-refractivity contribution in [1.29, 1.82) is 0 Å². The van der Waals surface area contributed by atoms with E-state index in [9.17, 15) is 4.79 Å². The molecular weight excluding hydrogens is 484 g/mol. The van der Waals surface area contributed by atoms with Crippen LogP contribution in [0.4, 0.5) is 0 Å². The Morgan fingerprint density at radius 1 is 0.711 bits per heavy atom. The molecule has 2 aromatic carbocycles. The minimum atomic E-state index is -0.476. The molecule has 0 saturated carbocycles. The van der Waals surface area contributed by atoms with Crippen molar-refractivity contribution in [3.63, 3.8) is 0 Å². The third kappa shape index (κ3) is 7.35. The summed E-state index contributed by atoms with van der Waals surface area (Å²) in [6.45, 7) is 2.50. The van der Waals surface area contributed by atoms with Crippen molar-refractivity contribution in [2.24, 2.45) is 0 Å². The van der Waals surface area contributed by atoms with Gasteiger partial charge in [-0.2, -0.15) is 0 Å². The zero-order valence-corrected chi connectivity index (χ0v) is 22.2. The molecule has 3 heterocycles. The molecular formula is C31H40O7. The van der Waals surface area contributed by atoms with Crippen LogP contribution in [0.15, 0.2) is 48.5 Å². The van der Waals surface area contributed by atoms with Crippen LogP contribution in [0, 0.1) is 0 Å². The third-order valence-corrected chi connectivity index (χ3v) is 7.40. The van der Waals surface area contributed by atoms with E-state index in [-0.39, 0.29) is 24.7 Å². The van der Waals surface area contributed by atoms with Crippen molar-refractivity contribution in [3.8, 4) is 11.5 Å². The van der Waals surface area contributed by atoms with Gasteiger partial charge >= 0.3 is 0 Å². The number of para-hydroxylation sites is 2. The Balaban J connectivity index is 1.38. The van der Waals surface area contributed by atoms with E-state index in [1.165, 1.54) is 0 Å². The standard InChI is InChI=1S/C31H40O7/c32-31(25-12-2-4-14-27(25)38-30-17-7-10-21-35-30)24(18-22-36-28-15-5-8-19-33-28)23-11-1-3-13-26(23)37-29-16-6-9-20-34-29/h1-4,11-14,24,28-30H,5-10,15-22H2. The highest BCUT2D eigenvalue weighted by atomic mass is 16.7. The summed E-state index contributed by atoms with van der Waals surface area (Å²) in [5.41, 5.74) is 1.38. The van der Waals surface area contributed by atoms with Gasteiger partial charge in [-0.3, -0.25) is 4.79 Å². The number of Topliss-reactive ketones (excluding diaryl/α,β-unsaturated/α-hetero) is 1. The smallest absolute Gasteiger partial charge is 0.199 e. The molecule has 7 nitrogen and oxygen atoms in total. The number of ether oxygens (including phenoxy) is 6. The minimum Gasteiger partial charge on any atom is -0.465 e. The SMILES string of the molecule is O=C(c1ccccc1OC1CCCCO1)C(CCOC1CCCCO1)c1ccccc1OC1CCCCO1. The van der Waals surface area contributed by atoms with Gasteiger partial charge in [0.2, 0.25) is 0 Å². The third-order valence-electron chi connectivity index (χ3n) is 7.40. The largest absolute Gasteiger partial charge is 0.465 e. The lowest BCUT2D eigenvalue weighted by atomic mass is 9.87. The lowest BCUT2D eigenvalue weighted by Crippen LogP contribution is -2.27. The van der Waals surface area contributed by atoms with Gasteiger partial charge in [-0.05, 0) is 69.6 Å². The topological polar surface area (TPSA) is 72.5 Å². The van der Waals surface area contributed by atoms with E-state index in [0.29, 0.717) is 43.3 Å². The van der Waals surface area contributed by atoms with Crippen LogP contribution in [0.1, 0.15) is 86.0 Å². The summed E-state index contributed by atoms with van der Waals surface area (Å²) in [5.74, 6) is 0.737. The summed E-state index contributed by atoms with van der Waals surface area (Å²) in [6, 6.07) is 15.3. The first-order valence-electron chi connectivity index (χ1n) is 14.3. The average Bonchev–Trinajstić information content (AvgIpc) is 2.97. The Bertz CT molecular complexity index is 1010. The highest BCUT2D eigenvalue weighted by Crippen LogP contribution is 2.36. The Hall–Kier alpha value is -2.45. The summed E-state index contributed by atoms with van der Waals surface area (Å²) in [5, 5.41) is 0. The quantitative estimate of drug-likeness (QED) is 0.315. The van der Waals surface area contributed by atoms with Gasteiger partial charge in [0.15, 0.2) is 24.7 Å². The maximum Gasteiger partial charge on any atom is 0.199 e. The Morgan fingerprint density at radius 2 is 1.26 bits per heavy atom. The normalized spacial score (nSPS) is 24.9. The predicted octanol–water partition coefficient (Wildman–Crippen LogP) is 6.40. The summed E-state index contributed by atoms with van der Waals surface area (Å²) < 4.78 is 36.0. The van der Waals surface area contributed by atoms with E-state index in [1.807, 2.05) is 48.5 Å².